The van der Waals surface area contributed by atoms with Crippen LogP contribution in [0, 0.1) is 0 Å². The lowest BCUT2D eigenvalue weighted by molar-refractivity contribution is 0.0950. The Balaban J connectivity index is 1.75. The summed E-state index contributed by atoms with van der Waals surface area (Å²) in [6.45, 7) is 2.75. The molecule has 1 fully saturated rings. The molecule has 1 aliphatic rings. The number of nitrogens with one attached hydrogen (secondary N) is 2. The summed E-state index contributed by atoms with van der Waals surface area (Å²) < 4.78 is 33.3. The number of rotatable bonds is 10. The topological polar surface area (TPSA) is 97.4 Å². The Kier molecular flexibility index (Phi) is 7.57. The average molecular weight is 472 g/mol. The molecule has 1 aromatic heterocycles. The Bertz CT molecular complexity index is 1030. The summed E-state index contributed by atoms with van der Waals surface area (Å²) >= 11 is 12.3. The van der Waals surface area contributed by atoms with Crippen molar-refractivity contribution in [2.45, 2.75) is 50.1 Å². The van der Waals surface area contributed by atoms with Crippen LogP contribution < -0.4 is 14.8 Å². The summed E-state index contributed by atoms with van der Waals surface area (Å²) in [5.41, 5.74) is 0.727. The van der Waals surface area contributed by atoms with Gasteiger partial charge in [0.25, 0.3) is 5.91 Å². The van der Waals surface area contributed by atoms with Gasteiger partial charge in [0.15, 0.2) is 0 Å². The highest BCUT2D eigenvalue weighted by molar-refractivity contribution is 7.89. The smallest absolute Gasteiger partial charge is 0.253 e. The number of benzene rings is 1. The van der Waals surface area contributed by atoms with Crippen molar-refractivity contribution in [3.8, 4) is 5.88 Å². The molecule has 162 valence electrons. The lowest BCUT2D eigenvalue weighted by Crippen LogP contribution is -2.27. The van der Waals surface area contributed by atoms with E-state index in [1.54, 1.807) is 18.3 Å². The van der Waals surface area contributed by atoms with Crippen LogP contribution in [0.15, 0.2) is 35.4 Å². The van der Waals surface area contributed by atoms with Gasteiger partial charge >= 0.3 is 0 Å². The van der Waals surface area contributed by atoms with Crippen LogP contribution in [0.2, 0.25) is 10.0 Å². The quantitative estimate of drug-likeness (QED) is 0.511. The van der Waals surface area contributed by atoms with Crippen molar-refractivity contribution in [2.24, 2.45) is 0 Å². The number of carbonyl (C=O) groups is 1. The van der Waals surface area contributed by atoms with E-state index in [-0.39, 0.29) is 33.1 Å². The van der Waals surface area contributed by atoms with Crippen molar-refractivity contribution in [1.82, 2.24) is 15.0 Å². The number of hydrogen-bond acceptors (Lipinski definition) is 5. The third kappa shape index (κ3) is 5.85. The third-order valence-corrected chi connectivity index (χ3v) is 6.78. The predicted octanol–water partition coefficient (Wildman–Crippen LogP) is 3.94. The molecular weight excluding hydrogens is 449 g/mol. The molecule has 0 spiro atoms. The number of aromatic nitrogens is 1. The zero-order chi connectivity index (χ0) is 21.7. The van der Waals surface area contributed by atoms with Gasteiger partial charge < -0.3 is 10.1 Å². The molecule has 1 amide bonds. The number of pyridine rings is 1. The van der Waals surface area contributed by atoms with E-state index in [1.165, 1.54) is 12.1 Å². The fraction of sp³-hybridized carbons (Fsp3) is 0.400. The first-order valence-electron chi connectivity index (χ1n) is 9.68. The molecule has 0 aliphatic heterocycles. The highest BCUT2D eigenvalue weighted by Crippen LogP contribution is 2.30. The largest absolute Gasteiger partial charge is 0.477 e. The van der Waals surface area contributed by atoms with E-state index in [4.69, 9.17) is 27.9 Å². The second kappa shape index (κ2) is 9.96. The van der Waals surface area contributed by atoms with Gasteiger partial charge in [0, 0.05) is 24.3 Å². The first-order chi connectivity index (χ1) is 14.3. The van der Waals surface area contributed by atoms with Gasteiger partial charge in [-0.05, 0) is 37.5 Å². The zero-order valence-electron chi connectivity index (χ0n) is 16.5. The molecule has 10 heteroatoms. The number of halogens is 2. The van der Waals surface area contributed by atoms with Crippen molar-refractivity contribution in [3.63, 3.8) is 0 Å². The van der Waals surface area contributed by atoms with Crippen LogP contribution in [0.4, 0.5) is 0 Å². The van der Waals surface area contributed by atoms with Gasteiger partial charge in [-0.15, -0.1) is 0 Å². The maximum Gasteiger partial charge on any atom is 0.253 e. The molecule has 1 heterocycles. The molecule has 0 bridgehead atoms. The highest BCUT2D eigenvalue weighted by Gasteiger charge is 2.30. The van der Waals surface area contributed by atoms with Gasteiger partial charge in [-0.25, -0.2) is 18.1 Å². The number of unbranched alkanes of at least 4 members (excludes halogenated alkanes) is 1. The Morgan fingerprint density at radius 3 is 2.73 bits per heavy atom. The Labute approximate surface area is 186 Å². The summed E-state index contributed by atoms with van der Waals surface area (Å²) in [6, 6.07) is 5.93. The van der Waals surface area contributed by atoms with E-state index in [0.29, 0.717) is 18.1 Å². The standard InChI is InChI=1S/C20H23Cl2N3O4S/c1-2-3-9-29-20-13(5-4-8-23-20)12-24-19(26)15-10-18(17(22)11-16(15)21)30(27,28)25-14-6-7-14/h4-5,8,10-11,14,25H,2-3,6-7,9,12H2,1H3,(H,24,26). The van der Waals surface area contributed by atoms with E-state index in [0.717, 1.165) is 25.7 Å². The van der Waals surface area contributed by atoms with Crippen LogP contribution in [0.5, 0.6) is 5.88 Å². The minimum absolute atomic E-state index is 0.0228. The molecule has 0 radical (unpaired) electrons. The molecule has 0 atom stereocenters. The molecule has 1 aromatic carbocycles. The lowest BCUT2D eigenvalue weighted by Gasteiger charge is -2.13. The van der Waals surface area contributed by atoms with Crippen LogP contribution in [0.25, 0.3) is 0 Å². The summed E-state index contributed by atoms with van der Waals surface area (Å²) in [5, 5.41) is 2.76. The van der Waals surface area contributed by atoms with E-state index in [2.05, 4.69) is 21.9 Å². The maximum absolute atomic E-state index is 12.7. The number of hydrogen-bond donors (Lipinski definition) is 2. The summed E-state index contributed by atoms with van der Waals surface area (Å²) in [4.78, 5) is 16.8. The Morgan fingerprint density at radius 1 is 1.27 bits per heavy atom. The Hall–Kier alpha value is -1.87. The average Bonchev–Trinajstić information content (AvgIpc) is 3.50. The molecular formula is C20H23Cl2N3O4S. The van der Waals surface area contributed by atoms with Gasteiger partial charge in [0.2, 0.25) is 15.9 Å². The summed E-state index contributed by atoms with van der Waals surface area (Å²) in [7, 11) is -3.84. The number of carbonyl (C=O) groups excluding carboxylic acids is 1. The van der Waals surface area contributed by atoms with Crippen molar-refractivity contribution in [2.75, 3.05) is 6.61 Å². The maximum atomic E-state index is 12.7. The highest BCUT2D eigenvalue weighted by atomic mass is 35.5. The molecule has 7 nitrogen and oxygen atoms in total. The van der Waals surface area contributed by atoms with E-state index < -0.39 is 15.9 Å². The van der Waals surface area contributed by atoms with Crippen molar-refractivity contribution in [1.29, 1.82) is 0 Å². The van der Waals surface area contributed by atoms with Gasteiger partial charge in [-0.2, -0.15) is 0 Å². The predicted molar refractivity (Wildman–Crippen MR) is 116 cm³/mol. The minimum Gasteiger partial charge on any atom is -0.477 e. The zero-order valence-corrected chi connectivity index (χ0v) is 18.8. The summed E-state index contributed by atoms with van der Waals surface area (Å²) in [5.74, 6) is -0.0757. The number of amides is 1. The molecule has 1 aliphatic carbocycles. The fourth-order valence-electron chi connectivity index (χ4n) is 2.67. The monoisotopic (exact) mass is 471 g/mol. The first-order valence-corrected chi connectivity index (χ1v) is 11.9. The minimum atomic E-state index is -3.84. The van der Waals surface area contributed by atoms with Crippen molar-refractivity contribution in [3.05, 3.63) is 51.6 Å². The van der Waals surface area contributed by atoms with Crippen LogP contribution in [0.3, 0.4) is 0 Å². The van der Waals surface area contributed by atoms with Crippen LogP contribution in [0.1, 0.15) is 48.5 Å². The number of nitrogens with zero attached hydrogens (tertiary/aromatic N) is 1. The van der Waals surface area contributed by atoms with Gasteiger partial charge in [0.05, 0.1) is 22.2 Å². The van der Waals surface area contributed by atoms with Crippen LogP contribution in [-0.4, -0.2) is 32.0 Å². The van der Waals surface area contributed by atoms with Gasteiger partial charge in [-0.3, -0.25) is 4.79 Å². The molecule has 0 saturated heterocycles. The van der Waals surface area contributed by atoms with Crippen molar-refractivity contribution >= 4 is 39.1 Å². The van der Waals surface area contributed by atoms with Gasteiger partial charge in [-0.1, -0.05) is 42.6 Å². The van der Waals surface area contributed by atoms with Gasteiger partial charge in [0.1, 0.15) is 4.90 Å². The van der Waals surface area contributed by atoms with Crippen LogP contribution in [-0.2, 0) is 16.6 Å². The normalized spacial score (nSPS) is 13.8. The van der Waals surface area contributed by atoms with Crippen molar-refractivity contribution < 1.29 is 17.9 Å². The van der Waals surface area contributed by atoms with E-state index >= 15 is 0 Å². The molecule has 1 saturated carbocycles. The SMILES string of the molecule is CCCCOc1ncccc1CNC(=O)c1cc(S(=O)(=O)NC2CC2)c(Cl)cc1Cl. The molecule has 0 unspecified atom stereocenters. The first kappa shape index (κ1) is 22.8. The molecule has 2 N–H and O–H groups in total. The molecule has 3 rings (SSSR count). The third-order valence-electron chi connectivity index (χ3n) is 4.48. The number of ether oxygens (including phenoxy) is 1. The second-order valence-electron chi connectivity index (χ2n) is 7.01. The Morgan fingerprint density at radius 2 is 2.03 bits per heavy atom. The fourth-order valence-corrected chi connectivity index (χ4v) is 4.83. The molecule has 30 heavy (non-hydrogen) atoms. The van der Waals surface area contributed by atoms with Crippen LogP contribution >= 0.6 is 23.2 Å². The number of sulfonamides is 1. The summed E-state index contributed by atoms with van der Waals surface area (Å²) in [6.07, 6.45) is 5.08. The lowest BCUT2D eigenvalue weighted by atomic mass is 10.2. The van der Waals surface area contributed by atoms with E-state index in [1.807, 2.05) is 0 Å². The second-order valence-corrected chi connectivity index (χ2v) is 9.51. The molecule has 2 aromatic rings. The van der Waals surface area contributed by atoms with E-state index in [9.17, 15) is 13.2 Å².